The summed E-state index contributed by atoms with van der Waals surface area (Å²) >= 11 is 0. The van der Waals surface area contributed by atoms with Crippen molar-refractivity contribution in [3.05, 3.63) is 30.1 Å². The minimum Gasteiger partial charge on any atom is -0.356 e. The molecule has 130 valence electrons. The standard InChI is InChI=1S/C18H26N4O2/c1-4-19-17(23)12-22-15-9-6-5-8-14(15)21-16(22)10-7-11-20-18(24)13(2)3/h5-6,8-9,13H,4,7,10-12H2,1-3H3,(H,19,23)(H,20,24). The molecule has 0 atom stereocenters. The van der Waals surface area contributed by atoms with Gasteiger partial charge in [-0.15, -0.1) is 0 Å². The molecule has 1 heterocycles. The first-order chi connectivity index (χ1) is 11.5. The summed E-state index contributed by atoms with van der Waals surface area (Å²) in [5, 5.41) is 5.74. The summed E-state index contributed by atoms with van der Waals surface area (Å²) in [5.74, 6) is 0.911. The largest absolute Gasteiger partial charge is 0.356 e. The van der Waals surface area contributed by atoms with Gasteiger partial charge in [-0.2, -0.15) is 0 Å². The first-order valence-corrected chi connectivity index (χ1v) is 8.51. The average Bonchev–Trinajstić information content (AvgIpc) is 2.89. The zero-order chi connectivity index (χ0) is 17.5. The van der Waals surface area contributed by atoms with E-state index < -0.39 is 0 Å². The number of rotatable bonds is 8. The number of nitrogens with one attached hydrogen (secondary N) is 2. The lowest BCUT2D eigenvalue weighted by Gasteiger charge is -2.10. The van der Waals surface area contributed by atoms with E-state index in [2.05, 4.69) is 15.6 Å². The van der Waals surface area contributed by atoms with E-state index in [0.717, 1.165) is 23.3 Å². The Morgan fingerprint density at radius 1 is 1.21 bits per heavy atom. The van der Waals surface area contributed by atoms with Crippen molar-refractivity contribution >= 4 is 22.8 Å². The highest BCUT2D eigenvalue weighted by molar-refractivity contribution is 5.81. The molecule has 6 heteroatoms. The van der Waals surface area contributed by atoms with Crippen LogP contribution in [0.4, 0.5) is 0 Å². The van der Waals surface area contributed by atoms with Gasteiger partial charge in [0.2, 0.25) is 11.8 Å². The SMILES string of the molecule is CCNC(=O)Cn1c(CCCNC(=O)C(C)C)nc2ccccc21. The number of nitrogens with zero attached hydrogens (tertiary/aromatic N) is 2. The van der Waals surface area contributed by atoms with E-state index >= 15 is 0 Å². The average molecular weight is 330 g/mol. The summed E-state index contributed by atoms with van der Waals surface area (Å²) in [4.78, 5) is 28.2. The van der Waals surface area contributed by atoms with E-state index in [4.69, 9.17) is 0 Å². The second-order valence-corrected chi connectivity index (χ2v) is 6.11. The molecule has 0 saturated heterocycles. The molecule has 0 spiro atoms. The topological polar surface area (TPSA) is 76.0 Å². The molecule has 2 aromatic rings. The molecule has 0 saturated carbocycles. The lowest BCUT2D eigenvalue weighted by Crippen LogP contribution is -2.29. The molecule has 0 aliphatic rings. The van der Waals surface area contributed by atoms with Crippen LogP contribution >= 0.6 is 0 Å². The summed E-state index contributed by atoms with van der Waals surface area (Å²) in [7, 11) is 0. The molecule has 2 rings (SSSR count). The van der Waals surface area contributed by atoms with Crippen LogP contribution in [0, 0.1) is 5.92 Å². The predicted octanol–water partition coefficient (Wildman–Crippen LogP) is 1.88. The lowest BCUT2D eigenvalue weighted by atomic mass is 10.2. The number of hydrogen-bond acceptors (Lipinski definition) is 3. The smallest absolute Gasteiger partial charge is 0.239 e. The molecule has 1 aromatic carbocycles. The van der Waals surface area contributed by atoms with E-state index in [0.29, 0.717) is 19.5 Å². The number of hydrogen-bond donors (Lipinski definition) is 2. The third-order valence-electron chi connectivity index (χ3n) is 3.81. The minimum absolute atomic E-state index is 0.00712. The maximum absolute atomic E-state index is 12.0. The summed E-state index contributed by atoms with van der Waals surface area (Å²) in [6, 6.07) is 7.82. The van der Waals surface area contributed by atoms with Crippen molar-refractivity contribution < 1.29 is 9.59 Å². The summed E-state index contributed by atoms with van der Waals surface area (Å²) in [5.41, 5.74) is 1.85. The van der Waals surface area contributed by atoms with Crippen molar-refractivity contribution in [2.45, 2.75) is 40.2 Å². The van der Waals surface area contributed by atoms with E-state index in [1.54, 1.807) is 0 Å². The van der Waals surface area contributed by atoms with Crippen molar-refractivity contribution in [3.63, 3.8) is 0 Å². The van der Waals surface area contributed by atoms with Crippen molar-refractivity contribution in [1.82, 2.24) is 20.2 Å². The Bertz CT molecular complexity index is 706. The number of likely N-dealkylation sites (N-methyl/N-ethyl adjacent to an activating group) is 1. The number of aryl methyl sites for hydroxylation is 1. The Morgan fingerprint density at radius 3 is 2.67 bits per heavy atom. The molecule has 6 nitrogen and oxygen atoms in total. The molecule has 0 aliphatic heterocycles. The van der Waals surface area contributed by atoms with Gasteiger partial charge in [0.25, 0.3) is 0 Å². The molecule has 0 unspecified atom stereocenters. The summed E-state index contributed by atoms with van der Waals surface area (Å²) in [6.07, 6.45) is 1.50. The van der Waals surface area contributed by atoms with Crippen LogP contribution in [0.2, 0.25) is 0 Å². The van der Waals surface area contributed by atoms with Gasteiger partial charge in [-0.1, -0.05) is 26.0 Å². The Hall–Kier alpha value is -2.37. The maximum Gasteiger partial charge on any atom is 0.239 e. The highest BCUT2D eigenvalue weighted by Gasteiger charge is 2.13. The number of imidazole rings is 1. The van der Waals surface area contributed by atoms with E-state index in [9.17, 15) is 9.59 Å². The van der Waals surface area contributed by atoms with Gasteiger partial charge >= 0.3 is 0 Å². The molecule has 0 aliphatic carbocycles. The number of carbonyl (C=O) groups is 2. The Balaban J connectivity index is 2.07. The Labute approximate surface area is 142 Å². The van der Waals surface area contributed by atoms with Gasteiger partial charge in [0.1, 0.15) is 12.4 Å². The number of carbonyl (C=O) groups excluding carboxylic acids is 2. The van der Waals surface area contributed by atoms with Crippen molar-refractivity contribution in [1.29, 1.82) is 0 Å². The molecule has 24 heavy (non-hydrogen) atoms. The molecule has 2 amide bonds. The molecule has 1 aromatic heterocycles. The Kier molecular flexibility index (Phi) is 6.35. The quantitative estimate of drug-likeness (QED) is 0.726. The number of aromatic nitrogens is 2. The van der Waals surface area contributed by atoms with Crippen LogP contribution in [0.5, 0.6) is 0 Å². The van der Waals surface area contributed by atoms with Crippen LogP contribution in [0.1, 0.15) is 33.0 Å². The fourth-order valence-corrected chi connectivity index (χ4v) is 2.55. The maximum atomic E-state index is 12.0. The molecular weight excluding hydrogens is 304 g/mol. The molecule has 0 fully saturated rings. The van der Waals surface area contributed by atoms with Gasteiger partial charge in [-0.3, -0.25) is 9.59 Å². The van der Waals surface area contributed by atoms with Crippen LogP contribution in [0.3, 0.4) is 0 Å². The molecule has 2 N–H and O–H groups in total. The lowest BCUT2D eigenvalue weighted by molar-refractivity contribution is -0.124. The normalized spacial score (nSPS) is 11.0. The fourth-order valence-electron chi connectivity index (χ4n) is 2.55. The first kappa shape index (κ1) is 18.0. The molecule has 0 bridgehead atoms. The number of amides is 2. The van der Waals surface area contributed by atoms with Crippen molar-refractivity contribution in [2.24, 2.45) is 5.92 Å². The zero-order valence-corrected chi connectivity index (χ0v) is 14.6. The molecule has 0 radical (unpaired) electrons. The predicted molar refractivity (Wildman–Crippen MR) is 94.6 cm³/mol. The zero-order valence-electron chi connectivity index (χ0n) is 14.6. The van der Waals surface area contributed by atoms with Gasteiger partial charge in [0, 0.05) is 25.4 Å². The van der Waals surface area contributed by atoms with Gasteiger partial charge in [-0.05, 0) is 25.5 Å². The van der Waals surface area contributed by atoms with E-state index in [1.165, 1.54) is 0 Å². The Morgan fingerprint density at radius 2 is 1.96 bits per heavy atom. The van der Waals surface area contributed by atoms with Gasteiger partial charge in [-0.25, -0.2) is 4.98 Å². The fraction of sp³-hybridized carbons (Fsp3) is 0.500. The van der Waals surface area contributed by atoms with Crippen LogP contribution in [0.15, 0.2) is 24.3 Å². The second-order valence-electron chi connectivity index (χ2n) is 6.11. The van der Waals surface area contributed by atoms with Crippen molar-refractivity contribution in [3.8, 4) is 0 Å². The second kappa shape index (κ2) is 8.47. The molecular formula is C18H26N4O2. The highest BCUT2D eigenvalue weighted by atomic mass is 16.2. The van der Waals surface area contributed by atoms with E-state index in [1.807, 2.05) is 49.6 Å². The van der Waals surface area contributed by atoms with Crippen molar-refractivity contribution in [2.75, 3.05) is 13.1 Å². The minimum atomic E-state index is -0.0185. The van der Waals surface area contributed by atoms with Crippen LogP contribution < -0.4 is 10.6 Å². The highest BCUT2D eigenvalue weighted by Crippen LogP contribution is 2.17. The monoisotopic (exact) mass is 330 g/mol. The van der Waals surface area contributed by atoms with Crippen LogP contribution in [0.25, 0.3) is 11.0 Å². The first-order valence-electron chi connectivity index (χ1n) is 8.51. The number of para-hydroxylation sites is 2. The van der Waals surface area contributed by atoms with E-state index in [-0.39, 0.29) is 24.3 Å². The summed E-state index contributed by atoms with van der Waals surface area (Å²) < 4.78 is 1.96. The van der Waals surface area contributed by atoms with Crippen LogP contribution in [-0.4, -0.2) is 34.5 Å². The number of benzene rings is 1. The summed E-state index contributed by atoms with van der Waals surface area (Å²) in [6.45, 7) is 7.15. The van der Waals surface area contributed by atoms with Crippen LogP contribution in [-0.2, 0) is 22.6 Å². The number of fused-ring (bicyclic) bond motifs is 1. The third-order valence-corrected chi connectivity index (χ3v) is 3.81. The van der Waals surface area contributed by atoms with Gasteiger partial charge in [0.05, 0.1) is 11.0 Å². The van der Waals surface area contributed by atoms with Gasteiger partial charge in [0.15, 0.2) is 0 Å². The third kappa shape index (κ3) is 4.57. The van der Waals surface area contributed by atoms with Gasteiger partial charge < -0.3 is 15.2 Å².